The largest absolute Gasteiger partial charge is 0.464 e. The lowest BCUT2D eigenvalue weighted by molar-refractivity contribution is -0.148. The van der Waals surface area contributed by atoms with Crippen LogP contribution in [0.5, 0.6) is 0 Å². The number of amides is 1. The second-order valence-electron chi connectivity index (χ2n) is 5.87. The van der Waals surface area contributed by atoms with Crippen molar-refractivity contribution in [3.63, 3.8) is 0 Å². The summed E-state index contributed by atoms with van der Waals surface area (Å²) in [5.41, 5.74) is 0.538. The van der Waals surface area contributed by atoms with E-state index in [9.17, 15) is 9.59 Å². The molecule has 1 aromatic carbocycles. The first-order valence-corrected chi connectivity index (χ1v) is 9.24. The lowest BCUT2D eigenvalue weighted by Crippen LogP contribution is -2.47. The van der Waals surface area contributed by atoms with E-state index >= 15 is 0 Å². The summed E-state index contributed by atoms with van der Waals surface area (Å²) in [5, 5.41) is 0.550. The highest BCUT2D eigenvalue weighted by molar-refractivity contribution is 8.00. The normalized spacial score (nSPS) is 20.8. The van der Waals surface area contributed by atoms with Gasteiger partial charge in [-0.15, -0.1) is 11.8 Å². The van der Waals surface area contributed by atoms with Crippen LogP contribution >= 0.6 is 23.4 Å². The van der Waals surface area contributed by atoms with Crippen LogP contribution in [0.15, 0.2) is 24.3 Å². The van der Waals surface area contributed by atoms with Crippen LogP contribution in [0.2, 0.25) is 5.02 Å². The molecular formula is C17H22ClNO3S. The standard InChI is InChI=1S/C17H22ClNO3S/c1-4-9-22-17(21)14-10-23-16(11(2)3)19(14)15(20)12-5-7-13(18)8-6-12/h5-8,11,14,16H,4,9-10H2,1-3H3/t14-,16+/m1/s1. The van der Waals surface area contributed by atoms with E-state index in [0.717, 1.165) is 6.42 Å². The van der Waals surface area contributed by atoms with E-state index in [4.69, 9.17) is 16.3 Å². The summed E-state index contributed by atoms with van der Waals surface area (Å²) >= 11 is 7.52. The number of rotatable bonds is 5. The molecule has 0 N–H and O–H groups in total. The molecule has 1 amide bonds. The molecule has 2 atom stereocenters. The number of thioether (sulfide) groups is 1. The number of hydrogen-bond acceptors (Lipinski definition) is 4. The number of esters is 1. The van der Waals surface area contributed by atoms with Gasteiger partial charge in [0, 0.05) is 16.3 Å². The minimum absolute atomic E-state index is 0.0302. The Bertz CT molecular complexity index is 561. The van der Waals surface area contributed by atoms with Crippen LogP contribution in [-0.2, 0) is 9.53 Å². The number of benzene rings is 1. The van der Waals surface area contributed by atoms with Gasteiger partial charge in [0.1, 0.15) is 6.04 Å². The maximum atomic E-state index is 12.9. The highest BCUT2D eigenvalue weighted by Crippen LogP contribution is 2.35. The summed E-state index contributed by atoms with van der Waals surface area (Å²) in [5.74, 6) is 0.360. The zero-order valence-corrected chi connectivity index (χ0v) is 15.2. The number of ether oxygens (including phenoxy) is 1. The molecular weight excluding hydrogens is 334 g/mol. The molecule has 0 saturated carbocycles. The maximum Gasteiger partial charge on any atom is 0.329 e. The molecule has 126 valence electrons. The Kier molecular flexibility index (Phi) is 6.36. The fourth-order valence-corrected chi connectivity index (χ4v) is 4.11. The molecule has 1 saturated heterocycles. The molecule has 6 heteroatoms. The highest BCUT2D eigenvalue weighted by Gasteiger charge is 2.43. The Balaban J connectivity index is 2.25. The first kappa shape index (κ1) is 18.1. The SMILES string of the molecule is CCCOC(=O)[C@H]1CS[C@@H](C(C)C)N1C(=O)c1ccc(Cl)cc1. The van der Waals surface area contributed by atoms with Gasteiger partial charge in [0.15, 0.2) is 0 Å². The highest BCUT2D eigenvalue weighted by atomic mass is 35.5. The van der Waals surface area contributed by atoms with Gasteiger partial charge < -0.3 is 9.64 Å². The number of halogens is 1. The quantitative estimate of drug-likeness (QED) is 0.753. The van der Waals surface area contributed by atoms with Crippen LogP contribution in [0.3, 0.4) is 0 Å². The molecule has 0 bridgehead atoms. The monoisotopic (exact) mass is 355 g/mol. The molecule has 1 aliphatic heterocycles. The summed E-state index contributed by atoms with van der Waals surface area (Å²) in [4.78, 5) is 26.9. The van der Waals surface area contributed by atoms with E-state index in [0.29, 0.717) is 22.9 Å². The van der Waals surface area contributed by atoms with Crippen LogP contribution in [0.1, 0.15) is 37.6 Å². The predicted molar refractivity (Wildman–Crippen MR) is 93.7 cm³/mol. The Labute approximate surface area is 146 Å². The molecule has 0 aliphatic carbocycles. The van der Waals surface area contributed by atoms with E-state index < -0.39 is 6.04 Å². The van der Waals surface area contributed by atoms with Crippen molar-refractivity contribution in [3.05, 3.63) is 34.9 Å². The fraction of sp³-hybridized carbons (Fsp3) is 0.529. The van der Waals surface area contributed by atoms with Crippen molar-refractivity contribution in [1.82, 2.24) is 4.90 Å². The van der Waals surface area contributed by atoms with E-state index in [1.165, 1.54) is 0 Å². The van der Waals surface area contributed by atoms with Gasteiger partial charge in [-0.1, -0.05) is 32.4 Å². The molecule has 1 aliphatic rings. The Hall–Kier alpha value is -1.20. The van der Waals surface area contributed by atoms with Crippen molar-refractivity contribution in [3.8, 4) is 0 Å². The topological polar surface area (TPSA) is 46.6 Å². The molecule has 1 aromatic rings. The Morgan fingerprint density at radius 2 is 2.00 bits per heavy atom. The fourth-order valence-electron chi connectivity index (χ4n) is 2.52. The molecule has 0 aromatic heterocycles. The third-order valence-electron chi connectivity index (χ3n) is 3.65. The van der Waals surface area contributed by atoms with Crippen LogP contribution in [0.25, 0.3) is 0 Å². The average Bonchev–Trinajstić information content (AvgIpc) is 2.97. The summed E-state index contributed by atoms with van der Waals surface area (Å²) in [6, 6.07) is 6.24. The van der Waals surface area contributed by atoms with E-state index in [1.54, 1.807) is 40.9 Å². The molecule has 4 nitrogen and oxygen atoms in total. The summed E-state index contributed by atoms with van der Waals surface area (Å²) < 4.78 is 5.27. The second-order valence-corrected chi connectivity index (χ2v) is 7.46. The van der Waals surface area contributed by atoms with Crippen molar-refractivity contribution in [1.29, 1.82) is 0 Å². The van der Waals surface area contributed by atoms with Crippen molar-refractivity contribution >= 4 is 35.2 Å². The number of hydrogen-bond donors (Lipinski definition) is 0. The summed E-state index contributed by atoms with van der Waals surface area (Å²) in [6.45, 7) is 6.44. The Morgan fingerprint density at radius 3 is 2.57 bits per heavy atom. The molecule has 1 fully saturated rings. The third kappa shape index (κ3) is 4.21. The van der Waals surface area contributed by atoms with Gasteiger partial charge in [0.05, 0.1) is 12.0 Å². The van der Waals surface area contributed by atoms with Crippen LogP contribution in [0, 0.1) is 5.92 Å². The number of carbonyl (C=O) groups is 2. The molecule has 0 unspecified atom stereocenters. The molecule has 0 radical (unpaired) electrons. The minimum atomic E-state index is -0.526. The van der Waals surface area contributed by atoms with Crippen LogP contribution in [-0.4, -0.2) is 40.6 Å². The molecule has 23 heavy (non-hydrogen) atoms. The molecule has 0 spiro atoms. The van der Waals surface area contributed by atoms with Crippen molar-refractivity contribution in [2.24, 2.45) is 5.92 Å². The van der Waals surface area contributed by atoms with Crippen molar-refractivity contribution < 1.29 is 14.3 Å². The maximum absolute atomic E-state index is 12.9. The first-order valence-electron chi connectivity index (χ1n) is 7.82. The van der Waals surface area contributed by atoms with E-state index in [2.05, 4.69) is 13.8 Å². The summed E-state index contributed by atoms with van der Waals surface area (Å²) in [7, 11) is 0. The van der Waals surface area contributed by atoms with Crippen molar-refractivity contribution in [2.45, 2.75) is 38.6 Å². The molecule has 2 rings (SSSR count). The van der Waals surface area contributed by atoms with E-state index in [-0.39, 0.29) is 23.2 Å². The summed E-state index contributed by atoms with van der Waals surface area (Å²) in [6.07, 6.45) is 0.768. The van der Waals surface area contributed by atoms with Gasteiger partial charge in [0.25, 0.3) is 5.91 Å². The van der Waals surface area contributed by atoms with E-state index in [1.807, 2.05) is 6.92 Å². The minimum Gasteiger partial charge on any atom is -0.464 e. The van der Waals surface area contributed by atoms with Gasteiger partial charge in [-0.05, 0) is 36.6 Å². The van der Waals surface area contributed by atoms with Gasteiger partial charge in [-0.2, -0.15) is 0 Å². The second kappa shape index (κ2) is 8.06. The predicted octanol–water partition coefficient (Wildman–Crippen LogP) is 3.83. The Morgan fingerprint density at radius 1 is 1.35 bits per heavy atom. The zero-order chi connectivity index (χ0) is 17.0. The number of carbonyl (C=O) groups excluding carboxylic acids is 2. The lowest BCUT2D eigenvalue weighted by Gasteiger charge is -2.30. The lowest BCUT2D eigenvalue weighted by atomic mass is 10.1. The van der Waals surface area contributed by atoms with Crippen LogP contribution in [0.4, 0.5) is 0 Å². The zero-order valence-electron chi connectivity index (χ0n) is 13.6. The average molecular weight is 356 g/mol. The number of nitrogens with zero attached hydrogens (tertiary/aromatic N) is 1. The van der Waals surface area contributed by atoms with Gasteiger partial charge in [-0.25, -0.2) is 4.79 Å². The smallest absolute Gasteiger partial charge is 0.329 e. The van der Waals surface area contributed by atoms with Gasteiger partial charge >= 0.3 is 5.97 Å². The van der Waals surface area contributed by atoms with Crippen molar-refractivity contribution in [2.75, 3.05) is 12.4 Å². The van der Waals surface area contributed by atoms with Crippen LogP contribution < -0.4 is 0 Å². The first-order chi connectivity index (χ1) is 11.0. The van der Waals surface area contributed by atoms with Gasteiger partial charge in [-0.3, -0.25) is 4.79 Å². The van der Waals surface area contributed by atoms with Gasteiger partial charge in [0.2, 0.25) is 0 Å². The molecule has 1 heterocycles. The third-order valence-corrected chi connectivity index (χ3v) is 5.52.